The van der Waals surface area contributed by atoms with E-state index in [0.29, 0.717) is 16.5 Å². The van der Waals surface area contributed by atoms with Crippen LogP contribution in [-0.2, 0) is 14.3 Å². The number of carbonyl (C=O) groups excluding carboxylic acids is 2. The summed E-state index contributed by atoms with van der Waals surface area (Å²) >= 11 is 1.11. The highest BCUT2D eigenvalue weighted by molar-refractivity contribution is 8.03. The molecule has 0 bridgehead atoms. The molecule has 1 aromatic carbocycles. The van der Waals surface area contributed by atoms with Gasteiger partial charge in [-0.05, 0) is 38.1 Å². The number of carbonyl (C=O) groups is 2. The summed E-state index contributed by atoms with van der Waals surface area (Å²) in [5.74, 6) is -2.01. The molecule has 31 heavy (non-hydrogen) atoms. The minimum absolute atomic E-state index is 0.00371. The van der Waals surface area contributed by atoms with E-state index >= 15 is 0 Å². The topological polar surface area (TPSA) is 104 Å². The minimum Gasteiger partial charge on any atom is -0.468 e. The van der Waals surface area contributed by atoms with Crippen molar-refractivity contribution in [3.05, 3.63) is 76.1 Å². The fourth-order valence-electron chi connectivity index (χ4n) is 3.15. The van der Waals surface area contributed by atoms with E-state index in [9.17, 15) is 19.2 Å². The van der Waals surface area contributed by atoms with Crippen molar-refractivity contribution >= 4 is 29.3 Å². The summed E-state index contributed by atoms with van der Waals surface area (Å²) < 4.78 is 24.5. The Bertz CT molecular complexity index is 1090. The van der Waals surface area contributed by atoms with Gasteiger partial charge < -0.3 is 19.8 Å². The van der Waals surface area contributed by atoms with E-state index in [1.807, 2.05) is 0 Å². The zero-order valence-electron chi connectivity index (χ0n) is 16.9. The van der Waals surface area contributed by atoms with Gasteiger partial charge in [0.25, 0.3) is 5.91 Å². The number of benzene rings is 1. The second-order valence-corrected chi connectivity index (χ2v) is 7.48. The lowest BCUT2D eigenvalue weighted by molar-refractivity contribution is -0.139. The first-order valence-corrected chi connectivity index (χ1v) is 10.4. The molecule has 160 valence electrons. The first-order valence-electron chi connectivity index (χ1n) is 9.46. The molecule has 0 aliphatic carbocycles. The maximum atomic E-state index is 14.1. The molecule has 0 spiro atoms. The molecule has 1 atom stereocenters. The predicted octanol–water partition coefficient (Wildman–Crippen LogP) is 4.05. The number of dihydropyridines is 1. The van der Waals surface area contributed by atoms with Crippen molar-refractivity contribution in [3.8, 4) is 6.07 Å². The minimum atomic E-state index is -0.822. The summed E-state index contributed by atoms with van der Waals surface area (Å²) in [5, 5.41) is 15.9. The number of allylic oxidation sites excluding steroid dienone is 2. The van der Waals surface area contributed by atoms with Crippen molar-refractivity contribution in [3.63, 3.8) is 0 Å². The number of anilines is 1. The Kier molecular flexibility index (Phi) is 7.15. The lowest BCUT2D eigenvalue weighted by Gasteiger charge is -2.28. The molecule has 0 radical (unpaired) electrons. The van der Waals surface area contributed by atoms with E-state index in [0.717, 1.165) is 11.8 Å². The van der Waals surface area contributed by atoms with Gasteiger partial charge in [0, 0.05) is 5.70 Å². The van der Waals surface area contributed by atoms with Crippen LogP contribution < -0.4 is 10.6 Å². The highest BCUT2D eigenvalue weighted by Crippen LogP contribution is 2.41. The Morgan fingerprint density at radius 3 is 2.74 bits per heavy atom. The largest absolute Gasteiger partial charge is 0.468 e. The zero-order chi connectivity index (χ0) is 22.4. The van der Waals surface area contributed by atoms with Gasteiger partial charge in [-0.1, -0.05) is 23.9 Å². The molecule has 7 nitrogen and oxygen atoms in total. The number of hydrogen-bond acceptors (Lipinski definition) is 7. The van der Waals surface area contributed by atoms with Gasteiger partial charge in [0.1, 0.15) is 11.6 Å². The van der Waals surface area contributed by atoms with Crippen molar-refractivity contribution < 1.29 is 23.1 Å². The summed E-state index contributed by atoms with van der Waals surface area (Å²) in [5.41, 5.74) is 0.917. The number of furan rings is 1. The van der Waals surface area contributed by atoms with Crippen LogP contribution in [-0.4, -0.2) is 24.2 Å². The number of halogens is 1. The summed E-state index contributed by atoms with van der Waals surface area (Å²) in [6.45, 7) is 3.64. The third-order valence-corrected chi connectivity index (χ3v) is 5.47. The fourth-order valence-corrected chi connectivity index (χ4v) is 4.04. The number of amides is 1. The lowest BCUT2D eigenvalue weighted by atomic mass is 9.85. The van der Waals surface area contributed by atoms with Crippen molar-refractivity contribution in [1.82, 2.24) is 5.32 Å². The number of para-hydroxylation sites is 1. The zero-order valence-corrected chi connectivity index (χ0v) is 17.7. The van der Waals surface area contributed by atoms with Crippen LogP contribution in [0.25, 0.3) is 0 Å². The van der Waals surface area contributed by atoms with Crippen LogP contribution in [0.2, 0.25) is 0 Å². The molecule has 2 aromatic rings. The Hall–Kier alpha value is -3.51. The average molecular weight is 441 g/mol. The summed E-state index contributed by atoms with van der Waals surface area (Å²) in [6.07, 6.45) is 1.44. The highest BCUT2D eigenvalue weighted by Gasteiger charge is 2.36. The molecule has 9 heteroatoms. The molecular formula is C22H20FN3O4S. The van der Waals surface area contributed by atoms with Crippen molar-refractivity contribution in [2.75, 3.05) is 17.7 Å². The van der Waals surface area contributed by atoms with Crippen molar-refractivity contribution in [2.45, 2.75) is 19.8 Å². The van der Waals surface area contributed by atoms with Gasteiger partial charge >= 0.3 is 5.97 Å². The number of nitrogens with one attached hydrogen (secondary N) is 2. The Morgan fingerprint density at radius 2 is 2.10 bits per heavy atom. The Labute approximate surface area is 182 Å². The van der Waals surface area contributed by atoms with E-state index in [1.54, 1.807) is 32.0 Å². The summed E-state index contributed by atoms with van der Waals surface area (Å²) in [4.78, 5) is 24.9. The average Bonchev–Trinajstić information content (AvgIpc) is 3.28. The number of nitrogens with zero attached hydrogens (tertiary/aromatic N) is 1. The van der Waals surface area contributed by atoms with Crippen LogP contribution >= 0.6 is 11.8 Å². The molecule has 1 aliphatic heterocycles. The molecule has 1 amide bonds. The fraction of sp³-hybridized carbons (Fsp3) is 0.227. The van der Waals surface area contributed by atoms with E-state index in [4.69, 9.17) is 9.15 Å². The Morgan fingerprint density at radius 1 is 1.32 bits per heavy atom. The lowest BCUT2D eigenvalue weighted by Crippen LogP contribution is -2.31. The van der Waals surface area contributed by atoms with Gasteiger partial charge in [-0.25, -0.2) is 4.39 Å². The maximum absolute atomic E-state index is 14.1. The van der Waals surface area contributed by atoms with Gasteiger partial charge in [-0.15, -0.1) is 0 Å². The Balaban J connectivity index is 1.97. The first kappa shape index (κ1) is 22.2. The summed E-state index contributed by atoms with van der Waals surface area (Å²) in [6, 6.07) is 11.2. The first-order chi connectivity index (χ1) is 15.0. The van der Waals surface area contributed by atoms with E-state index in [1.165, 1.54) is 24.5 Å². The monoisotopic (exact) mass is 441 g/mol. The van der Waals surface area contributed by atoms with E-state index in [2.05, 4.69) is 16.7 Å². The molecule has 2 N–H and O–H groups in total. The normalized spacial score (nSPS) is 15.9. The second kappa shape index (κ2) is 10.00. The standard InChI is InChI=1S/C22H20FN3O4S/c1-3-29-18(27)12-31-22-14(11-24)20(17-9-6-10-30-17)19(13(2)25-22)21(28)26-16-8-5-4-7-15(16)23/h4-10,20,25H,3,12H2,1-2H3,(H,26,28). The van der Waals surface area contributed by atoms with Crippen LogP contribution in [0.1, 0.15) is 25.5 Å². The predicted molar refractivity (Wildman–Crippen MR) is 114 cm³/mol. The smallest absolute Gasteiger partial charge is 0.316 e. The van der Waals surface area contributed by atoms with E-state index in [-0.39, 0.29) is 29.2 Å². The van der Waals surface area contributed by atoms with E-state index < -0.39 is 23.6 Å². The van der Waals surface area contributed by atoms with Gasteiger partial charge in [-0.3, -0.25) is 9.59 Å². The highest BCUT2D eigenvalue weighted by atomic mass is 32.2. The van der Waals surface area contributed by atoms with Crippen LogP contribution in [0.3, 0.4) is 0 Å². The molecule has 0 fully saturated rings. The maximum Gasteiger partial charge on any atom is 0.316 e. The SMILES string of the molecule is CCOC(=O)CSC1=C(C#N)C(c2ccco2)C(C(=O)Nc2ccccc2F)=C(C)N1. The van der Waals surface area contributed by atoms with Crippen LogP contribution in [0, 0.1) is 17.1 Å². The van der Waals surface area contributed by atoms with Crippen molar-refractivity contribution in [2.24, 2.45) is 0 Å². The number of ether oxygens (including phenoxy) is 1. The quantitative estimate of drug-likeness (QED) is 0.625. The molecule has 2 heterocycles. The molecule has 1 aromatic heterocycles. The van der Waals surface area contributed by atoms with Crippen LogP contribution in [0.4, 0.5) is 10.1 Å². The van der Waals surface area contributed by atoms with Crippen LogP contribution in [0.15, 0.2) is 69.0 Å². The van der Waals surface area contributed by atoms with Gasteiger partial charge in [-0.2, -0.15) is 5.26 Å². The van der Waals surface area contributed by atoms with Crippen molar-refractivity contribution in [1.29, 1.82) is 5.26 Å². The molecule has 1 aliphatic rings. The third kappa shape index (κ3) is 4.98. The molecule has 3 rings (SSSR count). The van der Waals surface area contributed by atoms with Gasteiger partial charge in [0.05, 0.1) is 52.5 Å². The summed E-state index contributed by atoms with van der Waals surface area (Å²) in [7, 11) is 0. The molecule has 0 saturated carbocycles. The molecule has 0 saturated heterocycles. The number of thioether (sulfide) groups is 1. The molecule has 1 unspecified atom stereocenters. The molecular weight excluding hydrogens is 421 g/mol. The van der Waals surface area contributed by atoms with Crippen LogP contribution in [0.5, 0.6) is 0 Å². The number of nitriles is 1. The van der Waals surface area contributed by atoms with Gasteiger partial charge in [0.15, 0.2) is 0 Å². The van der Waals surface area contributed by atoms with Gasteiger partial charge in [0.2, 0.25) is 0 Å². The number of rotatable bonds is 7. The number of esters is 1. The number of hydrogen-bond donors (Lipinski definition) is 2. The second-order valence-electron chi connectivity index (χ2n) is 6.49. The third-order valence-electron chi connectivity index (χ3n) is 4.48.